The average molecular weight is 460 g/mol. The zero-order chi connectivity index (χ0) is 23.3. The highest BCUT2D eigenvalue weighted by Gasteiger charge is 2.30. The second-order valence-corrected chi connectivity index (χ2v) is 9.29. The monoisotopic (exact) mass is 459 g/mol. The van der Waals surface area contributed by atoms with E-state index in [1.165, 1.54) is 30.7 Å². The first-order valence-corrected chi connectivity index (χ1v) is 12.2. The normalized spacial score (nSPS) is 22.8. The van der Waals surface area contributed by atoms with Crippen molar-refractivity contribution in [2.45, 2.75) is 56.7 Å². The molecule has 3 atom stereocenters. The molecule has 2 fully saturated rings. The van der Waals surface area contributed by atoms with Gasteiger partial charge in [-0.05, 0) is 62.1 Å². The van der Waals surface area contributed by atoms with Crippen LogP contribution in [-0.4, -0.2) is 36.2 Å². The molecular weight excluding hydrogens is 429 g/mol. The Bertz CT molecular complexity index is 1140. The molecule has 7 heteroatoms. The zero-order valence-corrected chi connectivity index (χ0v) is 19.2. The van der Waals surface area contributed by atoms with E-state index >= 15 is 0 Å². The first-order chi connectivity index (χ1) is 16.7. The van der Waals surface area contributed by atoms with E-state index in [9.17, 15) is 4.39 Å². The number of nitriles is 1. The van der Waals surface area contributed by atoms with Crippen LogP contribution in [0, 0.1) is 17.1 Å². The highest BCUT2D eigenvalue weighted by molar-refractivity contribution is 5.57. The van der Waals surface area contributed by atoms with E-state index in [0.717, 1.165) is 38.8 Å². The third kappa shape index (κ3) is 5.23. The van der Waals surface area contributed by atoms with Gasteiger partial charge < -0.3 is 20.0 Å². The summed E-state index contributed by atoms with van der Waals surface area (Å²) in [7, 11) is 0. The number of benzene rings is 2. The molecule has 3 aromatic rings. The lowest BCUT2D eigenvalue weighted by molar-refractivity contribution is 0.290. The fourth-order valence-electron chi connectivity index (χ4n) is 5.17. The lowest BCUT2D eigenvalue weighted by Crippen LogP contribution is -2.54. The molecule has 2 aliphatic rings. The van der Waals surface area contributed by atoms with Gasteiger partial charge in [-0.25, -0.2) is 9.37 Å². The summed E-state index contributed by atoms with van der Waals surface area (Å²) in [5.74, 6) is 0.273. The molecule has 5 rings (SSSR count). The maximum Gasteiger partial charge on any atom is 0.295 e. The van der Waals surface area contributed by atoms with Gasteiger partial charge in [-0.3, -0.25) is 0 Å². The van der Waals surface area contributed by atoms with Gasteiger partial charge in [-0.2, -0.15) is 5.26 Å². The van der Waals surface area contributed by atoms with Crippen LogP contribution in [0.15, 0.2) is 59.1 Å². The molecule has 2 aromatic carbocycles. The van der Waals surface area contributed by atoms with E-state index in [0.29, 0.717) is 35.0 Å². The minimum Gasteiger partial charge on any atom is -0.424 e. The van der Waals surface area contributed by atoms with Gasteiger partial charge in [0.05, 0.1) is 17.8 Å². The molecule has 34 heavy (non-hydrogen) atoms. The molecule has 3 unspecified atom stereocenters. The SMILES string of the molecule is N#Cc1ccc(N2CCCC(NC3CCCCC3Nc3ncc(-c4cccc(F)c4)o3)C2)cc1. The van der Waals surface area contributed by atoms with Crippen molar-refractivity contribution in [2.75, 3.05) is 23.3 Å². The number of halogens is 1. The minimum absolute atomic E-state index is 0.234. The molecule has 1 aliphatic carbocycles. The summed E-state index contributed by atoms with van der Waals surface area (Å²) in [6, 6.07) is 17.9. The van der Waals surface area contributed by atoms with Gasteiger partial charge in [0, 0.05) is 42.5 Å². The average Bonchev–Trinajstić information content (AvgIpc) is 3.34. The van der Waals surface area contributed by atoms with E-state index < -0.39 is 0 Å². The molecule has 0 amide bonds. The summed E-state index contributed by atoms with van der Waals surface area (Å²) in [6.45, 7) is 1.99. The van der Waals surface area contributed by atoms with E-state index in [2.05, 4.69) is 26.6 Å². The lowest BCUT2D eigenvalue weighted by Gasteiger charge is -2.40. The summed E-state index contributed by atoms with van der Waals surface area (Å²) < 4.78 is 19.5. The second-order valence-electron chi connectivity index (χ2n) is 9.29. The molecule has 6 nitrogen and oxygen atoms in total. The van der Waals surface area contributed by atoms with Gasteiger partial charge in [-0.15, -0.1) is 0 Å². The molecule has 1 aliphatic heterocycles. The largest absolute Gasteiger partial charge is 0.424 e. The number of nitrogens with zero attached hydrogens (tertiary/aromatic N) is 3. The quantitative estimate of drug-likeness (QED) is 0.519. The maximum absolute atomic E-state index is 13.6. The van der Waals surface area contributed by atoms with E-state index in [1.807, 2.05) is 30.3 Å². The summed E-state index contributed by atoms with van der Waals surface area (Å²) >= 11 is 0. The summed E-state index contributed by atoms with van der Waals surface area (Å²) in [6.07, 6.45) is 8.50. The standard InChI is InChI=1S/C27H30FN5O/c28-21-6-3-5-20(15-21)26-17-30-27(34-26)32-25-9-2-1-8-24(25)31-22-7-4-14-33(18-22)23-12-10-19(16-29)11-13-23/h3,5-6,10-13,15,17,22,24-25,31H,1-2,4,7-9,14,18H2,(H,30,32). The van der Waals surface area contributed by atoms with Crippen LogP contribution in [0.25, 0.3) is 11.3 Å². The molecule has 2 heterocycles. The van der Waals surface area contributed by atoms with Crippen LogP contribution >= 0.6 is 0 Å². The van der Waals surface area contributed by atoms with Crippen molar-refractivity contribution in [3.63, 3.8) is 0 Å². The second kappa shape index (κ2) is 10.3. The summed E-state index contributed by atoms with van der Waals surface area (Å²) in [5, 5.41) is 16.5. The summed E-state index contributed by atoms with van der Waals surface area (Å²) in [4.78, 5) is 6.81. The number of oxazole rings is 1. The van der Waals surface area contributed by atoms with Crippen LogP contribution < -0.4 is 15.5 Å². The van der Waals surface area contributed by atoms with Crippen molar-refractivity contribution >= 4 is 11.7 Å². The number of piperidine rings is 1. The van der Waals surface area contributed by atoms with Crippen molar-refractivity contribution in [3.05, 3.63) is 66.1 Å². The van der Waals surface area contributed by atoms with E-state index in [-0.39, 0.29) is 11.9 Å². The number of anilines is 2. The smallest absolute Gasteiger partial charge is 0.295 e. The van der Waals surface area contributed by atoms with Crippen molar-refractivity contribution in [3.8, 4) is 17.4 Å². The Kier molecular flexibility index (Phi) is 6.77. The number of rotatable bonds is 6. The van der Waals surface area contributed by atoms with E-state index in [1.54, 1.807) is 12.3 Å². The Morgan fingerprint density at radius 1 is 1.03 bits per heavy atom. The Labute approximate surface area is 199 Å². The maximum atomic E-state index is 13.6. The van der Waals surface area contributed by atoms with Crippen molar-refractivity contribution in [1.82, 2.24) is 10.3 Å². The van der Waals surface area contributed by atoms with Gasteiger partial charge in [0.1, 0.15) is 5.82 Å². The van der Waals surface area contributed by atoms with Crippen molar-refractivity contribution in [2.24, 2.45) is 0 Å². The molecule has 1 saturated carbocycles. The molecule has 0 spiro atoms. The minimum atomic E-state index is -0.289. The van der Waals surface area contributed by atoms with Crippen LogP contribution in [-0.2, 0) is 0 Å². The highest BCUT2D eigenvalue weighted by Crippen LogP contribution is 2.28. The van der Waals surface area contributed by atoms with Crippen LogP contribution in [0.1, 0.15) is 44.1 Å². The zero-order valence-electron chi connectivity index (χ0n) is 19.2. The molecule has 1 aromatic heterocycles. The molecule has 0 bridgehead atoms. The van der Waals surface area contributed by atoms with Crippen LogP contribution in [0.3, 0.4) is 0 Å². The van der Waals surface area contributed by atoms with Crippen LogP contribution in [0.2, 0.25) is 0 Å². The summed E-state index contributed by atoms with van der Waals surface area (Å²) in [5.41, 5.74) is 2.55. The van der Waals surface area contributed by atoms with Crippen molar-refractivity contribution < 1.29 is 8.81 Å². The molecular formula is C27H30FN5O. The molecule has 176 valence electrons. The Hall–Kier alpha value is -3.37. The van der Waals surface area contributed by atoms with Gasteiger partial charge in [0.15, 0.2) is 5.76 Å². The van der Waals surface area contributed by atoms with Gasteiger partial charge in [0.25, 0.3) is 6.01 Å². The van der Waals surface area contributed by atoms with Crippen LogP contribution in [0.4, 0.5) is 16.1 Å². The Morgan fingerprint density at radius 3 is 2.65 bits per heavy atom. The fourth-order valence-corrected chi connectivity index (χ4v) is 5.17. The highest BCUT2D eigenvalue weighted by atomic mass is 19.1. The molecule has 0 radical (unpaired) electrons. The predicted octanol–water partition coefficient (Wildman–Crippen LogP) is 5.33. The van der Waals surface area contributed by atoms with Gasteiger partial charge in [-0.1, -0.05) is 25.0 Å². The number of nitrogens with one attached hydrogen (secondary N) is 2. The van der Waals surface area contributed by atoms with Crippen molar-refractivity contribution in [1.29, 1.82) is 5.26 Å². The topological polar surface area (TPSA) is 77.1 Å². The lowest BCUT2D eigenvalue weighted by atomic mass is 9.89. The molecule has 1 saturated heterocycles. The number of aromatic nitrogens is 1. The Morgan fingerprint density at radius 2 is 1.85 bits per heavy atom. The third-order valence-corrected chi connectivity index (χ3v) is 6.92. The Balaban J connectivity index is 1.22. The van der Waals surface area contributed by atoms with Gasteiger partial charge in [0.2, 0.25) is 0 Å². The van der Waals surface area contributed by atoms with E-state index in [4.69, 9.17) is 9.68 Å². The fraction of sp³-hybridized carbons (Fsp3) is 0.407. The first kappa shape index (κ1) is 22.4. The number of hydrogen-bond donors (Lipinski definition) is 2. The predicted molar refractivity (Wildman–Crippen MR) is 131 cm³/mol. The van der Waals surface area contributed by atoms with Crippen LogP contribution in [0.5, 0.6) is 0 Å². The number of hydrogen-bond acceptors (Lipinski definition) is 6. The molecule has 2 N–H and O–H groups in total. The first-order valence-electron chi connectivity index (χ1n) is 12.2. The van der Waals surface area contributed by atoms with Gasteiger partial charge >= 0.3 is 0 Å². The third-order valence-electron chi connectivity index (χ3n) is 6.92.